The first-order valence-corrected chi connectivity index (χ1v) is 6.67. The van der Waals surface area contributed by atoms with Crippen molar-refractivity contribution in [2.24, 2.45) is 0 Å². The predicted octanol–water partition coefficient (Wildman–Crippen LogP) is 2.48. The summed E-state index contributed by atoms with van der Waals surface area (Å²) in [7, 11) is 0. The van der Waals surface area contributed by atoms with E-state index in [0.29, 0.717) is 6.42 Å². The second-order valence-electron chi connectivity index (χ2n) is 5.11. The Morgan fingerprint density at radius 1 is 1.32 bits per heavy atom. The Balaban J connectivity index is 1.82. The SMILES string of the molecule is OCC1CCCn2cc(Cc3ccc(F)cc3)nc21. The zero-order valence-corrected chi connectivity index (χ0v) is 10.7. The zero-order chi connectivity index (χ0) is 13.2. The van der Waals surface area contributed by atoms with E-state index in [0.717, 1.165) is 36.5 Å². The monoisotopic (exact) mass is 260 g/mol. The van der Waals surface area contributed by atoms with Crippen LogP contribution in [0.1, 0.15) is 35.8 Å². The standard InChI is InChI=1S/C15H17FN2O/c16-13-5-3-11(4-6-13)8-14-9-18-7-1-2-12(10-19)15(18)17-14/h3-6,9,12,19H,1-2,7-8,10H2. The highest BCUT2D eigenvalue weighted by Crippen LogP contribution is 2.26. The summed E-state index contributed by atoms with van der Waals surface area (Å²) < 4.78 is 15.0. The van der Waals surface area contributed by atoms with E-state index in [2.05, 4.69) is 15.7 Å². The van der Waals surface area contributed by atoms with E-state index in [4.69, 9.17) is 0 Å². The summed E-state index contributed by atoms with van der Waals surface area (Å²) in [6.07, 6.45) is 4.85. The van der Waals surface area contributed by atoms with Gasteiger partial charge in [-0.15, -0.1) is 0 Å². The first kappa shape index (κ1) is 12.4. The molecule has 0 amide bonds. The van der Waals surface area contributed by atoms with Gasteiger partial charge in [-0.1, -0.05) is 12.1 Å². The van der Waals surface area contributed by atoms with Crippen LogP contribution in [0, 0.1) is 5.82 Å². The normalized spacial score (nSPS) is 18.3. The Morgan fingerprint density at radius 2 is 2.11 bits per heavy atom. The van der Waals surface area contributed by atoms with Crippen LogP contribution in [-0.2, 0) is 13.0 Å². The van der Waals surface area contributed by atoms with Crippen LogP contribution in [0.5, 0.6) is 0 Å². The summed E-state index contributed by atoms with van der Waals surface area (Å²) in [6, 6.07) is 6.53. The third-order valence-electron chi connectivity index (χ3n) is 3.69. The average molecular weight is 260 g/mol. The fourth-order valence-electron chi connectivity index (χ4n) is 2.70. The number of hydrogen-bond acceptors (Lipinski definition) is 2. The van der Waals surface area contributed by atoms with Gasteiger partial charge in [0.05, 0.1) is 12.3 Å². The molecule has 2 aromatic rings. The maximum atomic E-state index is 12.9. The minimum Gasteiger partial charge on any atom is -0.396 e. The maximum absolute atomic E-state index is 12.9. The average Bonchev–Trinajstić information content (AvgIpc) is 2.83. The number of rotatable bonds is 3. The van der Waals surface area contributed by atoms with E-state index in [1.807, 2.05) is 0 Å². The molecule has 0 aliphatic carbocycles. The molecule has 1 N–H and O–H groups in total. The molecular weight excluding hydrogens is 243 g/mol. The third-order valence-corrected chi connectivity index (χ3v) is 3.69. The van der Waals surface area contributed by atoms with E-state index >= 15 is 0 Å². The molecule has 1 aliphatic heterocycles. The van der Waals surface area contributed by atoms with E-state index in [1.165, 1.54) is 12.1 Å². The number of halogens is 1. The molecule has 19 heavy (non-hydrogen) atoms. The van der Waals surface area contributed by atoms with Crippen LogP contribution in [0.2, 0.25) is 0 Å². The van der Waals surface area contributed by atoms with Crippen LogP contribution in [-0.4, -0.2) is 21.3 Å². The molecule has 1 unspecified atom stereocenters. The number of fused-ring (bicyclic) bond motifs is 1. The van der Waals surface area contributed by atoms with Crippen LogP contribution >= 0.6 is 0 Å². The van der Waals surface area contributed by atoms with Crippen LogP contribution < -0.4 is 0 Å². The van der Waals surface area contributed by atoms with Gasteiger partial charge in [0.25, 0.3) is 0 Å². The van der Waals surface area contributed by atoms with Crippen molar-refractivity contribution in [1.82, 2.24) is 9.55 Å². The lowest BCUT2D eigenvalue weighted by atomic mass is 10.0. The number of aromatic nitrogens is 2. The van der Waals surface area contributed by atoms with Gasteiger partial charge in [-0.3, -0.25) is 0 Å². The summed E-state index contributed by atoms with van der Waals surface area (Å²) in [4.78, 5) is 4.63. The van der Waals surface area contributed by atoms with Crippen LogP contribution in [0.3, 0.4) is 0 Å². The summed E-state index contributed by atoms with van der Waals surface area (Å²) >= 11 is 0. The molecule has 4 heteroatoms. The van der Waals surface area contributed by atoms with Gasteiger partial charge in [0.1, 0.15) is 11.6 Å². The van der Waals surface area contributed by atoms with Crippen LogP contribution in [0.15, 0.2) is 30.5 Å². The van der Waals surface area contributed by atoms with Crippen molar-refractivity contribution < 1.29 is 9.50 Å². The number of imidazole rings is 1. The fourth-order valence-corrected chi connectivity index (χ4v) is 2.70. The minimum atomic E-state index is -0.215. The molecule has 1 atom stereocenters. The number of nitrogens with zero attached hydrogens (tertiary/aromatic N) is 2. The smallest absolute Gasteiger partial charge is 0.123 e. The Morgan fingerprint density at radius 3 is 2.84 bits per heavy atom. The van der Waals surface area contributed by atoms with Gasteiger partial charge in [0.15, 0.2) is 0 Å². The predicted molar refractivity (Wildman–Crippen MR) is 70.5 cm³/mol. The molecule has 0 bridgehead atoms. The highest BCUT2D eigenvalue weighted by Gasteiger charge is 2.22. The van der Waals surface area contributed by atoms with Gasteiger partial charge in [-0.25, -0.2) is 9.37 Å². The largest absolute Gasteiger partial charge is 0.396 e. The first-order valence-electron chi connectivity index (χ1n) is 6.67. The highest BCUT2D eigenvalue weighted by molar-refractivity contribution is 5.23. The number of aliphatic hydroxyl groups excluding tert-OH is 1. The van der Waals surface area contributed by atoms with Crippen LogP contribution in [0.4, 0.5) is 4.39 Å². The van der Waals surface area contributed by atoms with E-state index < -0.39 is 0 Å². The lowest BCUT2D eigenvalue weighted by molar-refractivity contribution is 0.238. The number of aryl methyl sites for hydroxylation is 1. The topological polar surface area (TPSA) is 38.0 Å². The molecule has 1 aromatic heterocycles. The van der Waals surface area contributed by atoms with Gasteiger partial charge in [0.2, 0.25) is 0 Å². The van der Waals surface area contributed by atoms with Gasteiger partial charge in [-0.05, 0) is 30.5 Å². The Kier molecular flexibility index (Phi) is 3.34. The van der Waals surface area contributed by atoms with Crippen molar-refractivity contribution in [1.29, 1.82) is 0 Å². The van der Waals surface area contributed by atoms with Gasteiger partial charge >= 0.3 is 0 Å². The minimum absolute atomic E-state index is 0.160. The van der Waals surface area contributed by atoms with E-state index in [-0.39, 0.29) is 18.3 Å². The molecule has 0 saturated carbocycles. The number of aliphatic hydroxyl groups is 1. The molecule has 0 saturated heterocycles. The lowest BCUT2D eigenvalue weighted by Crippen LogP contribution is -2.18. The molecule has 0 fully saturated rings. The highest BCUT2D eigenvalue weighted by atomic mass is 19.1. The van der Waals surface area contributed by atoms with Gasteiger partial charge in [0, 0.05) is 25.1 Å². The van der Waals surface area contributed by atoms with Crippen LogP contribution in [0.25, 0.3) is 0 Å². The summed E-state index contributed by atoms with van der Waals surface area (Å²) in [6.45, 7) is 1.13. The van der Waals surface area contributed by atoms with Crippen molar-refractivity contribution in [3.63, 3.8) is 0 Å². The van der Waals surface area contributed by atoms with Crippen molar-refractivity contribution >= 4 is 0 Å². The van der Waals surface area contributed by atoms with E-state index in [1.54, 1.807) is 12.1 Å². The Labute approximate surface area is 111 Å². The summed E-state index contributed by atoms with van der Waals surface area (Å²) in [5.74, 6) is 0.940. The molecule has 1 aliphatic rings. The Hall–Kier alpha value is -1.68. The molecule has 0 spiro atoms. The van der Waals surface area contributed by atoms with Crippen molar-refractivity contribution in [3.8, 4) is 0 Å². The quantitative estimate of drug-likeness (QED) is 0.920. The lowest BCUT2D eigenvalue weighted by Gasteiger charge is -2.21. The maximum Gasteiger partial charge on any atom is 0.123 e. The Bertz CT molecular complexity index is 562. The molecule has 2 heterocycles. The zero-order valence-electron chi connectivity index (χ0n) is 10.7. The first-order chi connectivity index (χ1) is 9.26. The second-order valence-corrected chi connectivity index (χ2v) is 5.11. The third kappa shape index (κ3) is 2.54. The second kappa shape index (κ2) is 5.13. The molecule has 0 radical (unpaired) electrons. The van der Waals surface area contributed by atoms with Gasteiger partial charge in [-0.2, -0.15) is 0 Å². The summed E-state index contributed by atoms with van der Waals surface area (Å²) in [5, 5.41) is 9.37. The fraction of sp³-hybridized carbons (Fsp3) is 0.400. The molecule has 3 rings (SSSR count). The molecule has 100 valence electrons. The molecule has 1 aromatic carbocycles. The van der Waals surface area contributed by atoms with Gasteiger partial charge < -0.3 is 9.67 Å². The number of hydrogen-bond donors (Lipinski definition) is 1. The number of benzene rings is 1. The van der Waals surface area contributed by atoms with Crippen molar-refractivity contribution in [3.05, 3.63) is 53.4 Å². The van der Waals surface area contributed by atoms with E-state index in [9.17, 15) is 9.50 Å². The van der Waals surface area contributed by atoms with Crippen molar-refractivity contribution in [2.45, 2.75) is 31.7 Å². The molecule has 3 nitrogen and oxygen atoms in total. The molecular formula is C15H17FN2O. The van der Waals surface area contributed by atoms with Crippen molar-refractivity contribution in [2.75, 3.05) is 6.61 Å². The summed E-state index contributed by atoms with van der Waals surface area (Å²) in [5.41, 5.74) is 2.04.